The minimum absolute atomic E-state index is 0.0347. The molecule has 10 nitrogen and oxygen atoms in total. The smallest absolute Gasteiger partial charge is 0.365 e. The number of nitrogens with zero attached hydrogens (tertiary/aromatic N) is 3. The number of pyridine rings is 1. The average Bonchev–Trinajstić information content (AvgIpc) is 3.10. The van der Waals surface area contributed by atoms with E-state index in [0.29, 0.717) is 23.1 Å². The van der Waals surface area contributed by atoms with Gasteiger partial charge in [0.2, 0.25) is 21.9 Å². The number of anilines is 5. The molecule has 0 unspecified atom stereocenters. The van der Waals surface area contributed by atoms with Crippen LogP contribution in [0.25, 0.3) is 0 Å². The van der Waals surface area contributed by atoms with Crippen molar-refractivity contribution < 1.29 is 26.4 Å². The molecule has 4 rings (SSSR count). The number of aromatic nitrogens is 3. The molecule has 0 radical (unpaired) electrons. The van der Waals surface area contributed by atoms with Gasteiger partial charge in [0, 0.05) is 30.3 Å². The molecule has 1 amide bonds. The second-order valence-electron chi connectivity index (χ2n) is 7.45. The van der Waals surface area contributed by atoms with E-state index in [1.165, 1.54) is 18.3 Å². The van der Waals surface area contributed by atoms with Crippen LogP contribution in [0.15, 0.2) is 42.7 Å². The van der Waals surface area contributed by atoms with Crippen LogP contribution in [0.5, 0.6) is 0 Å². The third kappa shape index (κ3) is 5.70. The molecule has 0 spiro atoms. The lowest BCUT2D eigenvalue weighted by atomic mass is 10.1. The predicted molar refractivity (Wildman–Crippen MR) is 119 cm³/mol. The first-order valence-electron chi connectivity index (χ1n) is 9.77. The van der Waals surface area contributed by atoms with Crippen molar-refractivity contribution in [3.05, 3.63) is 59.4 Å². The number of amides is 1. The summed E-state index contributed by atoms with van der Waals surface area (Å²) in [5, 5.41) is 8.17. The van der Waals surface area contributed by atoms with Gasteiger partial charge in [0.1, 0.15) is 17.2 Å². The van der Waals surface area contributed by atoms with Gasteiger partial charge in [0.25, 0.3) is 0 Å². The number of fused-ring (bicyclic) bond motifs is 1. The fraction of sp³-hybridized carbons (Fsp3) is 0.200. The summed E-state index contributed by atoms with van der Waals surface area (Å²) in [6.45, 7) is -0.0902. The molecule has 0 fully saturated rings. The van der Waals surface area contributed by atoms with Gasteiger partial charge >= 0.3 is 6.18 Å². The highest BCUT2D eigenvalue weighted by Crippen LogP contribution is 2.34. The maximum atomic E-state index is 13.5. The number of carbonyl (C=O) groups is 1. The third-order valence-electron chi connectivity index (χ3n) is 4.65. The van der Waals surface area contributed by atoms with Gasteiger partial charge in [0.05, 0.1) is 12.7 Å². The zero-order valence-electron chi connectivity index (χ0n) is 17.6. The molecule has 1 aliphatic rings. The molecule has 34 heavy (non-hydrogen) atoms. The van der Waals surface area contributed by atoms with Gasteiger partial charge in [-0.15, -0.1) is 0 Å². The van der Waals surface area contributed by atoms with Gasteiger partial charge in [-0.1, -0.05) is 0 Å². The summed E-state index contributed by atoms with van der Waals surface area (Å²) in [7, 11) is -3.56. The molecule has 178 valence electrons. The molecular formula is C20H18F3N7O3S. The highest BCUT2D eigenvalue weighted by molar-refractivity contribution is 7.92. The normalized spacial score (nSPS) is 13.2. The maximum absolute atomic E-state index is 13.5. The summed E-state index contributed by atoms with van der Waals surface area (Å²) >= 11 is 0. The van der Waals surface area contributed by atoms with Crippen LogP contribution in [0.4, 0.5) is 42.1 Å². The number of hydrogen-bond acceptors (Lipinski definition) is 8. The Bertz CT molecular complexity index is 1360. The Balaban J connectivity index is 1.55. The maximum Gasteiger partial charge on any atom is 0.421 e. The molecular weight excluding hydrogens is 475 g/mol. The standard InChI is InChI=1S/C20H18F3N7O3S/c1-34(32,33)30-16-6-11(4-5-24-16)9-25-18-14(20(21,22)23)10-26-19(29-18)27-13-2-3-15-12(7-13)8-17(31)28-15/h2-7,10H,8-9H2,1H3,(H,24,30)(H,28,31)(H2,25,26,27,29). The predicted octanol–water partition coefficient (Wildman–Crippen LogP) is 3.11. The molecule has 3 aromatic rings. The molecule has 14 heteroatoms. The number of benzene rings is 1. The van der Waals surface area contributed by atoms with E-state index in [1.54, 1.807) is 18.2 Å². The number of halogens is 3. The van der Waals surface area contributed by atoms with Crippen molar-refractivity contribution in [2.24, 2.45) is 0 Å². The number of rotatable bonds is 7. The van der Waals surface area contributed by atoms with Crippen LogP contribution in [0.3, 0.4) is 0 Å². The molecule has 1 aromatic carbocycles. The van der Waals surface area contributed by atoms with E-state index in [-0.39, 0.29) is 30.6 Å². The minimum Gasteiger partial charge on any atom is -0.365 e. The Labute approximate surface area is 192 Å². The number of carbonyl (C=O) groups excluding carboxylic acids is 1. The van der Waals surface area contributed by atoms with Crippen LogP contribution in [0.1, 0.15) is 16.7 Å². The van der Waals surface area contributed by atoms with Gasteiger partial charge in [-0.05, 0) is 41.5 Å². The van der Waals surface area contributed by atoms with Crippen LogP contribution < -0.4 is 20.7 Å². The first-order chi connectivity index (χ1) is 16.0. The van der Waals surface area contributed by atoms with Crippen molar-refractivity contribution in [2.75, 3.05) is 26.9 Å². The van der Waals surface area contributed by atoms with Crippen molar-refractivity contribution in [1.82, 2.24) is 15.0 Å². The van der Waals surface area contributed by atoms with Gasteiger partial charge in [-0.25, -0.2) is 18.4 Å². The molecule has 0 bridgehead atoms. The van der Waals surface area contributed by atoms with E-state index in [9.17, 15) is 26.4 Å². The monoisotopic (exact) mass is 493 g/mol. The van der Waals surface area contributed by atoms with Crippen molar-refractivity contribution in [2.45, 2.75) is 19.1 Å². The number of hydrogen-bond donors (Lipinski definition) is 4. The summed E-state index contributed by atoms with van der Waals surface area (Å²) in [4.78, 5) is 23.1. The summed E-state index contributed by atoms with van der Waals surface area (Å²) in [5.41, 5.74) is 1.33. The Hall–Kier alpha value is -3.94. The van der Waals surface area contributed by atoms with E-state index in [4.69, 9.17) is 0 Å². The first kappa shape index (κ1) is 23.2. The van der Waals surface area contributed by atoms with E-state index in [1.807, 2.05) is 0 Å². The van der Waals surface area contributed by atoms with Crippen molar-refractivity contribution >= 4 is 44.9 Å². The molecule has 0 saturated carbocycles. The topological polar surface area (TPSA) is 138 Å². The SMILES string of the molecule is CS(=O)(=O)Nc1cc(CNc2nc(Nc3ccc4c(c3)CC(=O)N4)ncc2C(F)(F)F)ccn1. The van der Waals surface area contributed by atoms with Gasteiger partial charge in [0.15, 0.2) is 0 Å². The second-order valence-corrected chi connectivity index (χ2v) is 9.20. The Morgan fingerprint density at radius 1 is 1.15 bits per heavy atom. The van der Waals surface area contributed by atoms with Crippen molar-refractivity contribution in [3.8, 4) is 0 Å². The fourth-order valence-electron chi connectivity index (χ4n) is 3.24. The van der Waals surface area contributed by atoms with Crippen LogP contribution >= 0.6 is 0 Å². The molecule has 4 N–H and O–H groups in total. The van der Waals surface area contributed by atoms with Crippen LogP contribution in [-0.4, -0.2) is 35.5 Å². The lowest BCUT2D eigenvalue weighted by Crippen LogP contribution is -2.15. The summed E-state index contributed by atoms with van der Waals surface area (Å²) in [6, 6.07) is 7.92. The Morgan fingerprint density at radius 3 is 2.68 bits per heavy atom. The van der Waals surface area contributed by atoms with Gasteiger partial charge in [-0.3, -0.25) is 9.52 Å². The van der Waals surface area contributed by atoms with Crippen molar-refractivity contribution in [3.63, 3.8) is 0 Å². The lowest BCUT2D eigenvalue weighted by molar-refractivity contribution is -0.137. The number of sulfonamides is 1. The van der Waals surface area contributed by atoms with Crippen molar-refractivity contribution in [1.29, 1.82) is 0 Å². The summed E-state index contributed by atoms with van der Waals surface area (Å²) < 4.78 is 65.5. The molecule has 0 saturated heterocycles. The fourth-order valence-corrected chi connectivity index (χ4v) is 3.73. The average molecular weight is 493 g/mol. The third-order valence-corrected chi connectivity index (χ3v) is 5.23. The summed E-state index contributed by atoms with van der Waals surface area (Å²) in [6.07, 6.45) is -1.55. The van der Waals surface area contributed by atoms with Crippen LogP contribution in [-0.2, 0) is 34.0 Å². The highest BCUT2D eigenvalue weighted by atomic mass is 32.2. The number of nitrogens with one attached hydrogen (secondary N) is 4. The van der Waals surface area contributed by atoms with Crippen LogP contribution in [0, 0.1) is 0 Å². The van der Waals surface area contributed by atoms with E-state index >= 15 is 0 Å². The minimum atomic E-state index is -4.71. The molecule has 1 aliphatic heterocycles. The highest BCUT2D eigenvalue weighted by Gasteiger charge is 2.35. The van der Waals surface area contributed by atoms with E-state index in [0.717, 1.165) is 11.8 Å². The Morgan fingerprint density at radius 2 is 1.94 bits per heavy atom. The van der Waals surface area contributed by atoms with Gasteiger partial charge in [-0.2, -0.15) is 18.2 Å². The second kappa shape index (κ2) is 8.78. The van der Waals surface area contributed by atoms with E-state index < -0.39 is 27.6 Å². The molecule has 3 heterocycles. The first-order valence-corrected chi connectivity index (χ1v) is 11.7. The lowest BCUT2D eigenvalue weighted by Gasteiger charge is -2.15. The van der Waals surface area contributed by atoms with E-state index in [2.05, 4.69) is 35.6 Å². The molecule has 0 atom stereocenters. The van der Waals surface area contributed by atoms with Gasteiger partial charge < -0.3 is 16.0 Å². The quantitative estimate of drug-likeness (QED) is 0.394. The molecule has 2 aromatic heterocycles. The zero-order chi connectivity index (χ0) is 24.5. The Kier molecular flexibility index (Phi) is 6.00. The zero-order valence-corrected chi connectivity index (χ0v) is 18.4. The molecule has 0 aliphatic carbocycles. The summed E-state index contributed by atoms with van der Waals surface area (Å²) in [5.74, 6) is -0.651. The van der Waals surface area contributed by atoms with Crippen LogP contribution in [0.2, 0.25) is 0 Å². The largest absolute Gasteiger partial charge is 0.421 e. The number of alkyl halides is 3.